The molecule has 0 N–H and O–H groups in total. The van der Waals surface area contributed by atoms with E-state index in [1.54, 1.807) is 0 Å². The van der Waals surface area contributed by atoms with Crippen molar-refractivity contribution in [3.63, 3.8) is 0 Å². The number of hydrogen-bond acceptors (Lipinski definition) is 5. The van der Waals surface area contributed by atoms with Crippen LogP contribution in [0.25, 0.3) is 0 Å². The van der Waals surface area contributed by atoms with Crippen molar-refractivity contribution in [1.29, 1.82) is 5.26 Å². The van der Waals surface area contributed by atoms with E-state index >= 15 is 0 Å². The molecular weight excluding hydrogens is 271 g/mol. The molecule has 4 nitrogen and oxygen atoms in total. The average molecular weight is 277 g/mol. The first-order valence-electron chi connectivity index (χ1n) is 4.39. The number of carbonyl (C=O) groups is 1. The van der Waals surface area contributed by atoms with Gasteiger partial charge in [-0.1, -0.05) is 0 Å². The first-order chi connectivity index (χ1) is 8.28. The molecule has 96 valence electrons. The van der Waals surface area contributed by atoms with Crippen LogP contribution in [0.4, 0.5) is 13.2 Å². The highest BCUT2D eigenvalue weighted by molar-refractivity contribution is 7.80. The number of hydrogen-bond donors (Lipinski definition) is 1. The molecule has 0 unspecified atom stereocenters. The first-order valence-corrected chi connectivity index (χ1v) is 4.84. The zero-order valence-corrected chi connectivity index (χ0v) is 9.80. The molecule has 0 amide bonds. The summed E-state index contributed by atoms with van der Waals surface area (Å²) in [7, 11) is 1.10. The summed E-state index contributed by atoms with van der Waals surface area (Å²) < 4.78 is 44.2. The van der Waals surface area contributed by atoms with Gasteiger partial charge in [0, 0.05) is 4.90 Å². The summed E-state index contributed by atoms with van der Waals surface area (Å²) in [6.07, 6.45) is -4.93. The third-order valence-corrected chi connectivity index (χ3v) is 2.22. The summed E-state index contributed by atoms with van der Waals surface area (Å²) in [6, 6.07) is 3.26. The quantitative estimate of drug-likeness (QED) is 0.666. The summed E-state index contributed by atoms with van der Waals surface area (Å²) in [5.74, 6) is -1.53. The monoisotopic (exact) mass is 277 g/mol. The Hall–Kier alpha value is -1.88. The van der Waals surface area contributed by atoms with E-state index in [-0.39, 0.29) is 10.5 Å². The first kappa shape index (κ1) is 14.2. The number of nitrogens with zero attached hydrogens (tertiary/aromatic N) is 1. The fourth-order valence-electron chi connectivity index (χ4n) is 1.14. The van der Waals surface area contributed by atoms with Crippen molar-refractivity contribution >= 4 is 18.6 Å². The molecule has 0 heterocycles. The second kappa shape index (κ2) is 5.18. The predicted octanol–water partition coefficient (Wildman–Crippen LogP) is 2.53. The van der Waals surface area contributed by atoms with Gasteiger partial charge in [-0.25, -0.2) is 4.79 Å². The molecule has 0 atom stereocenters. The van der Waals surface area contributed by atoms with Gasteiger partial charge in [0.2, 0.25) is 0 Å². The van der Waals surface area contributed by atoms with Crippen molar-refractivity contribution in [1.82, 2.24) is 0 Å². The fourth-order valence-corrected chi connectivity index (χ4v) is 1.41. The minimum Gasteiger partial charge on any atom is -0.465 e. The van der Waals surface area contributed by atoms with E-state index in [4.69, 9.17) is 5.26 Å². The number of ether oxygens (including phenoxy) is 2. The highest BCUT2D eigenvalue weighted by atomic mass is 32.1. The van der Waals surface area contributed by atoms with Crippen LogP contribution in [0.1, 0.15) is 15.9 Å². The van der Waals surface area contributed by atoms with Crippen LogP contribution >= 0.6 is 12.6 Å². The number of carbonyl (C=O) groups excluding carboxylic acids is 1. The van der Waals surface area contributed by atoms with Gasteiger partial charge in [0.15, 0.2) is 0 Å². The highest BCUT2D eigenvalue weighted by Gasteiger charge is 2.32. The zero-order valence-electron chi connectivity index (χ0n) is 8.91. The standard InChI is InChI=1S/C10H6F3NO3S/c1-16-9(15)6-2-5(4-14)7(3-8(6)18)17-10(11,12)13/h2-3,18H,1H3. The van der Waals surface area contributed by atoms with Crippen LogP contribution in [0.5, 0.6) is 5.75 Å². The third kappa shape index (κ3) is 3.30. The number of thiol groups is 1. The van der Waals surface area contributed by atoms with E-state index in [0.717, 1.165) is 19.2 Å². The van der Waals surface area contributed by atoms with Crippen LogP contribution in [-0.2, 0) is 4.74 Å². The van der Waals surface area contributed by atoms with Gasteiger partial charge in [-0.2, -0.15) is 5.26 Å². The molecule has 0 aliphatic carbocycles. The van der Waals surface area contributed by atoms with Gasteiger partial charge in [0.1, 0.15) is 11.8 Å². The van der Waals surface area contributed by atoms with Crippen LogP contribution < -0.4 is 4.74 Å². The van der Waals surface area contributed by atoms with Gasteiger partial charge in [0.05, 0.1) is 18.2 Å². The molecule has 0 aromatic heterocycles. The molecule has 0 bridgehead atoms. The molecule has 0 aliphatic rings. The average Bonchev–Trinajstić information content (AvgIpc) is 2.26. The highest BCUT2D eigenvalue weighted by Crippen LogP contribution is 2.30. The van der Waals surface area contributed by atoms with Crippen molar-refractivity contribution in [2.45, 2.75) is 11.3 Å². The van der Waals surface area contributed by atoms with E-state index in [1.165, 1.54) is 6.07 Å². The van der Waals surface area contributed by atoms with Gasteiger partial charge in [-0.15, -0.1) is 25.8 Å². The van der Waals surface area contributed by atoms with Gasteiger partial charge < -0.3 is 9.47 Å². The minimum atomic E-state index is -4.93. The lowest BCUT2D eigenvalue weighted by atomic mass is 10.1. The number of esters is 1. The summed E-state index contributed by atoms with van der Waals surface area (Å²) in [4.78, 5) is 11.2. The Morgan fingerprint density at radius 2 is 2.06 bits per heavy atom. The van der Waals surface area contributed by atoms with Crippen LogP contribution in [0.15, 0.2) is 17.0 Å². The number of benzene rings is 1. The molecule has 0 saturated carbocycles. The maximum atomic E-state index is 12.1. The summed E-state index contributed by atoms with van der Waals surface area (Å²) in [6.45, 7) is 0. The van der Waals surface area contributed by atoms with Gasteiger partial charge in [-0.05, 0) is 12.1 Å². The lowest BCUT2D eigenvalue weighted by Gasteiger charge is -2.12. The number of nitriles is 1. The third-order valence-electron chi connectivity index (χ3n) is 1.85. The van der Waals surface area contributed by atoms with Crippen LogP contribution in [-0.4, -0.2) is 19.4 Å². The van der Waals surface area contributed by atoms with Gasteiger partial charge in [0.25, 0.3) is 0 Å². The Labute approximate surface area is 105 Å². The zero-order chi connectivity index (χ0) is 13.9. The van der Waals surface area contributed by atoms with Crippen LogP contribution in [0.3, 0.4) is 0 Å². The SMILES string of the molecule is COC(=O)c1cc(C#N)c(OC(F)(F)F)cc1S. The van der Waals surface area contributed by atoms with E-state index < -0.39 is 23.6 Å². The Bertz CT molecular complexity index is 522. The van der Waals surface area contributed by atoms with Crippen molar-refractivity contribution < 1.29 is 27.4 Å². The number of rotatable bonds is 2. The normalized spacial score (nSPS) is 10.7. The largest absolute Gasteiger partial charge is 0.573 e. The van der Waals surface area contributed by atoms with Crippen molar-refractivity contribution in [2.75, 3.05) is 7.11 Å². The Kier molecular flexibility index (Phi) is 4.08. The molecule has 0 fully saturated rings. The second-order valence-corrected chi connectivity index (χ2v) is 3.50. The molecular formula is C10H6F3NO3S. The molecule has 0 spiro atoms. The maximum Gasteiger partial charge on any atom is 0.573 e. The maximum absolute atomic E-state index is 12.1. The van der Waals surface area contributed by atoms with Crippen molar-refractivity contribution in [2.24, 2.45) is 0 Å². The van der Waals surface area contributed by atoms with Gasteiger partial charge >= 0.3 is 12.3 Å². The van der Waals surface area contributed by atoms with E-state index in [2.05, 4.69) is 22.1 Å². The van der Waals surface area contributed by atoms with Crippen molar-refractivity contribution in [3.05, 3.63) is 23.3 Å². The van der Waals surface area contributed by atoms with Crippen LogP contribution in [0, 0.1) is 11.3 Å². The number of methoxy groups -OCH3 is 1. The molecule has 0 saturated heterocycles. The van der Waals surface area contributed by atoms with Crippen molar-refractivity contribution in [3.8, 4) is 11.8 Å². The minimum absolute atomic E-state index is 0.0832. The lowest BCUT2D eigenvalue weighted by molar-refractivity contribution is -0.274. The predicted molar refractivity (Wildman–Crippen MR) is 56.4 cm³/mol. The van der Waals surface area contributed by atoms with E-state index in [1.807, 2.05) is 0 Å². The molecule has 1 aromatic carbocycles. The summed E-state index contributed by atoms with van der Waals surface area (Å²) in [5, 5.41) is 8.71. The molecule has 0 radical (unpaired) electrons. The van der Waals surface area contributed by atoms with E-state index in [0.29, 0.717) is 0 Å². The smallest absolute Gasteiger partial charge is 0.465 e. The summed E-state index contributed by atoms with van der Waals surface area (Å²) >= 11 is 3.84. The fraction of sp³-hybridized carbons (Fsp3) is 0.200. The molecule has 18 heavy (non-hydrogen) atoms. The molecule has 8 heteroatoms. The molecule has 1 rings (SSSR count). The van der Waals surface area contributed by atoms with Gasteiger partial charge in [-0.3, -0.25) is 0 Å². The number of halogens is 3. The Morgan fingerprint density at radius 3 is 2.50 bits per heavy atom. The topological polar surface area (TPSA) is 59.3 Å². The lowest BCUT2D eigenvalue weighted by Crippen LogP contribution is -2.18. The Morgan fingerprint density at radius 1 is 1.44 bits per heavy atom. The number of alkyl halides is 3. The summed E-state index contributed by atoms with van der Waals surface area (Å²) in [5.41, 5.74) is -0.558. The molecule has 1 aromatic rings. The molecule has 0 aliphatic heterocycles. The Balaban J connectivity index is 3.28. The van der Waals surface area contributed by atoms with E-state index in [9.17, 15) is 18.0 Å². The van der Waals surface area contributed by atoms with Crippen LogP contribution in [0.2, 0.25) is 0 Å². The second-order valence-electron chi connectivity index (χ2n) is 3.02.